The number of hydrogen-bond donors (Lipinski definition) is 0. The van der Waals surface area contributed by atoms with Gasteiger partial charge in [-0.05, 0) is 43.2 Å². The van der Waals surface area contributed by atoms with Crippen LogP contribution in [0.2, 0.25) is 0 Å². The van der Waals surface area contributed by atoms with Crippen molar-refractivity contribution in [2.75, 3.05) is 32.8 Å². The van der Waals surface area contributed by atoms with Gasteiger partial charge in [-0.1, -0.05) is 24.3 Å². The van der Waals surface area contributed by atoms with Gasteiger partial charge in [0, 0.05) is 32.6 Å². The van der Waals surface area contributed by atoms with Crippen LogP contribution in [0.3, 0.4) is 0 Å². The van der Waals surface area contributed by atoms with Crippen molar-refractivity contribution in [2.45, 2.75) is 24.7 Å². The number of piperazine rings is 1. The van der Waals surface area contributed by atoms with Crippen LogP contribution in [0.15, 0.2) is 53.4 Å². The van der Waals surface area contributed by atoms with Crippen LogP contribution in [0.5, 0.6) is 5.75 Å². The van der Waals surface area contributed by atoms with Crippen LogP contribution in [-0.4, -0.2) is 62.1 Å². The molecule has 168 valence electrons. The summed E-state index contributed by atoms with van der Waals surface area (Å²) in [6.45, 7) is 2.22. The fraction of sp³-hybridized carbons (Fsp3) is 0.348. The van der Waals surface area contributed by atoms with Gasteiger partial charge in [0.05, 0.1) is 10.5 Å². The van der Waals surface area contributed by atoms with Gasteiger partial charge in [-0.15, -0.1) is 0 Å². The van der Waals surface area contributed by atoms with Crippen molar-refractivity contribution in [1.29, 1.82) is 5.26 Å². The molecule has 1 amide bonds. The number of nitriles is 1. The monoisotopic (exact) mass is 455 g/mol. The Hall–Kier alpha value is -3.22. The van der Waals surface area contributed by atoms with Crippen molar-refractivity contribution in [3.63, 3.8) is 0 Å². The lowest BCUT2D eigenvalue weighted by Crippen LogP contribution is -2.51. The molecule has 0 aromatic heterocycles. The summed E-state index contributed by atoms with van der Waals surface area (Å²) >= 11 is 0. The predicted molar refractivity (Wildman–Crippen MR) is 117 cm³/mol. The summed E-state index contributed by atoms with van der Waals surface area (Å²) in [4.78, 5) is 25.1. The molecule has 0 N–H and O–H groups in total. The molecule has 0 unspecified atom stereocenters. The third kappa shape index (κ3) is 5.72. The summed E-state index contributed by atoms with van der Waals surface area (Å²) in [7, 11) is -3.80. The molecule has 0 spiro atoms. The van der Waals surface area contributed by atoms with E-state index in [0.29, 0.717) is 18.6 Å². The Kier molecular flexibility index (Phi) is 7.62. The molecule has 1 fully saturated rings. The first kappa shape index (κ1) is 23.4. The van der Waals surface area contributed by atoms with Crippen molar-refractivity contribution in [3.05, 3.63) is 59.7 Å². The van der Waals surface area contributed by atoms with Crippen LogP contribution in [0.1, 0.15) is 24.5 Å². The number of ketones is 1. The molecular formula is C23H25N3O5S. The number of amides is 1. The van der Waals surface area contributed by atoms with Gasteiger partial charge in [0.2, 0.25) is 10.0 Å². The number of benzene rings is 2. The summed E-state index contributed by atoms with van der Waals surface area (Å²) in [5.74, 6) is 0.470. The lowest BCUT2D eigenvalue weighted by Gasteiger charge is -2.34. The number of carbonyl (C=O) groups is 2. The van der Waals surface area contributed by atoms with Gasteiger partial charge in [-0.2, -0.15) is 9.57 Å². The largest absolute Gasteiger partial charge is 0.484 e. The van der Waals surface area contributed by atoms with E-state index in [1.54, 1.807) is 36.1 Å². The molecule has 1 aliphatic heterocycles. The standard InChI is InChI=1S/C23H25N3O5S/c1-18(27)6-7-19-8-10-21(11-9-19)31-17-23(28)25-12-14-26(15-13-25)32(29,30)22-5-3-2-4-20(22)16-24/h2-5,8-11H,6-7,12-15,17H2,1H3. The smallest absolute Gasteiger partial charge is 0.260 e. The van der Waals surface area contributed by atoms with E-state index in [1.165, 1.54) is 16.4 Å². The van der Waals surface area contributed by atoms with Gasteiger partial charge >= 0.3 is 0 Å². The van der Waals surface area contributed by atoms with Gasteiger partial charge in [-0.3, -0.25) is 4.79 Å². The van der Waals surface area contributed by atoms with Gasteiger partial charge in [0.15, 0.2) is 6.61 Å². The Morgan fingerprint density at radius 2 is 1.69 bits per heavy atom. The van der Waals surface area contributed by atoms with Crippen molar-refractivity contribution in [3.8, 4) is 11.8 Å². The summed E-state index contributed by atoms with van der Waals surface area (Å²) < 4.78 is 32.7. The van der Waals surface area contributed by atoms with Crippen LogP contribution in [0, 0.1) is 11.3 Å². The lowest BCUT2D eigenvalue weighted by molar-refractivity contribution is -0.134. The van der Waals surface area contributed by atoms with Crippen molar-refractivity contribution in [2.24, 2.45) is 0 Å². The SMILES string of the molecule is CC(=O)CCc1ccc(OCC(=O)N2CCN(S(=O)(=O)c3ccccc3C#N)CC2)cc1. The zero-order chi connectivity index (χ0) is 23.1. The normalized spacial score (nSPS) is 14.6. The number of ether oxygens (including phenoxy) is 1. The fourth-order valence-corrected chi connectivity index (χ4v) is 4.97. The zero-order valence-electron chi connectivity index (χ0n) is 17.9. The maximum atomic E-state index is 12.9. The number of carbonyl (C=O) groups excluding carboxylic acids is 2. The Balaban J connectivity index is 1.51. The van der Waals surface area contributed by atoms with Crippen molar-refractivity contribution < 1.29 is 22.7 Å². The van der Waals surface area contributed by atoms with Gasteiger partial charge in [0.25, 0.3) is 5.91 Å². The van der Waals surface area contributed by atoms with E-state index in [0.717, 1.165) is 5.56 Å². The lowest BCUT2D eigenvalue weighted by atomic mass is 10.1. The van der Waals surface area contributed by atoms with E-state index >= 15 is 0 Å². The third-order valence-corrected chi connectivity index (χ3v) is 7.22. The number of aryl methyl sites for hydroxylation is 1. The third-order valence-electron chi connectivity index (χ3n) is 5.27. The molecular weight excluding hydrogens is 430 g/mol. The molecule has 8 nitrogen and oxygen atoms in total. The first-order chi connectivity index (χ1) is 15.3. The van der Waals surface area contributed by atoms with Crippen LogP contribution in [-0.2, 0) is 26.0 Å². The topological polar surface area (TPSA) is 108 Å². The highest BCUT2D eigenvalue weighted by Crippen LogP contribution is 2.21. The second kappa shape index (κ2) is 10.4. The van der Waals surface area contributed by atoms with Crippen LogP contribution >= 0.6 is 0 Å². The van der Waals surface area contributed by atoms with E-state index in [1.807, 2.05) is 18.2 Å². The molecule has 9 heteroatoms. The Labute approximate surface area is 188 Å². The van der Waals surface area contributed by atoms with E-state index in [2.05, 4.69) is 0 Å². The maximum absolute atomic E-state index is 12.9. The second-order valence-electron chi connectivity index (χ2n) is 7.53. The number of Topliss-reactive ketones (excluding diaryl/α,β-unsaturated/α-hetero) is 1. The number of hydrogen-bond acceptors (Lipinski definition) is 6. The van der Waals surface area contributed by atoms with Crippen LogP contribution in [0.25, 0.3) is 0 Å². The first-order valence-corrected chi connectivity index (χ1v) is 11.7. The fourth-order valence-electron chi connectivity index (χ4n) is 3.41. The van der Waals surface area contributed by atoms with E-state index in [9.17, 15) is 23.3 Å². The molecule has 1 saturated heterocycles. The minimum absolute atomic E-state index is 0.0163. The second-order valence-corrected chi connectivity index (χ2v) is 9.43. The molecule has 0 bridgehead atoms. The summed E-state index contributed by atoms with van der Waals surface area (Å²) in [6, 6.07) is 15.3. The Morgan fingerprint density at radius 3 is 2.31 bits per heavy atom. The average Bonchev–Trinajstić information content (AvgIpc) is 2.81. The molecule has 2 aromatic rings. The molecule has 32 heavy (non-hydrogen) atoms. The van der Waals surface area contributed by atoms with Crippen LogP contribution < -0.4 is 4.74 Å². The number of rotatable bonds is 8. The first-order valence-electron chi connectivity index (χ1n) is 10.3. The van der Waals surface area contributed by atoms with Crippen molar-refractivity contribution in [1.82, 2.24) is 9.21 Å². The molecule has 2 aromatic carbocycles. The zero-order valence-corrected chi connectivity index (χ0v) is 18.7. The molecule has 0 saturated carbocycles. The molecule has 0 atom stereocenters. The quantitative estimate of drug-likeness (QED) is 0.602. The predicted octanol–water partition coefficient (Wildman–Crippen LogP) is 1.99. The average molecular weight is 456 g/mol. The maximum Gasteiger partial charge on any atom is 0.260 e. The summed E-state index contributed by atoms with van der Waals surface area (Å²) in [6.07, 6.45) is 1.16. The highest BCUT2D eigenvalue weighted by molar-refractivity contribution is 7.89. The molecule has 0 aliphatic carbocycles. The van der Waals surface area contributed by atoms with Crippen molar-refractivity contribution >= 4 is 21.7 Å². The van der Waals surface area contributed by atoms with Gasteiger partial charge < -0.3 is 14.4 Å². The van der Waals surface area contributed by atoms with Gasteiger partial charge in [0.1, 0.15) is 17.6 Å². The van der Waals surface area contributed by atoms with Gasteiger partial charge in [-0.25, -0.2) is 8.42 Å². The van der Waals surface area contributed by atoms with E-state index < -0.39 is 10.0 Å². The molecule has 3 rings (SSSR count). The highest BCUT2D eigenvalue weighted by atomic mass is 32.2. The number of nitrogens with zero attached hydrogens (tertiary/aromatic N) is 3. The Bertz CT molecular complexity index is 1120. The van der Waals surface area contributed by atoms with Crippen LogP contribution in [0.4, 0.5) is 0 Å². The summed E-state index contributed by atoms with van der Waals surface area (Å²) in [5.41, 5.74) is 1.13. The Morgan fingerprint density at radius 1 is 1.03 bits per heavy atom. The van der Waals surface area contributed by atoms with E-state index in [-0.39, 0.29) is 54.9 Å². The minimum atomic E-state index is -3.80. The van der Waals surface area contributed by atoms with E-state index in [4.69, 9.17) is 4.74 Å². The molecule has 0 radical (unpaired) electrons. The minimum Gasteiger partial charge on any atom is -0.484 e. The number of sulfonamides is 1. The molecule has 1 heterocycles. The summed E-state index contributed by atoms with van der Waals surface area (Å²) in [5, 5.41) is 9.20. The highest BCUT2D eigenvalue weighted by Gasteiger charge is 2.31. The molecule has 1 aliphatic rings.